The van der Waals surface area contributed by atoms with Gasteiger partial charge in [0.15, 0.2) is 23.1 Å². The molecule has 0 amide bonds. The maximum absolute atomic E-state index is 13.9. The fourth-order valence-corrected chi connectivity index (χ4v) is 3.22. The molecule has 10 heteroatoms. The van der Waals surface area contributed by atoms with Gasteiger partial charge >= 0.3 is 6.61 Å². The van der Waals surface area contributed by atoms with E-state index in [4.69, 9.17) is 10.00 Å². The standard InChI is InChI=1S/C27H24F4N4O2/c1-2-3-4-13-36-26-19(7-5-9-24(26)37-27(30)31)8-6-12-33-22-14-20(28)21(29)15-23(22)35-25-11-10-18(16-32)17-34-25/h5-12,14-15,17,27H,2-4,13H2,1H3,(H,34,35)/b8-6+,33-12?. The van der Waals surface area contributed by atoms with Crippen molar-refractivity contribution in [2.45, 2.75) is 32.8 Å². The first-order chi connectivity index (χ1) is 17.9. The van der Waals surface area contributed by atoms with Crippen LogP contribution in [0.2, 0.25) is 0 Å². The van der Waals surface area contributed by atoms with Crippen molar-refractivity contribution in [3.8, 4) is 17.6 Å². The van der Waals surface area contributed by atoms with Crippen molar-refractivity contribution in [1.29, 1.82) is 5.26 Å². The highest BCUT2D eigenvalue weighted by Crippen LogP contribution is 2.34. The third-order valence-electron chi connectivity index (χ3n) is 4.99. The molecule has 3 aromatic rings. The summed E-state index contributed by atoms with van der Waals surface area (Å²) in [6, 6.07) is 11.5. The molecule has 192 valence electrons. The number of unbranched alkanes of at least 4 members (excludes halogenated alkanes) is 2. The van der Waals surface area contributed by atoms with Crippen molar-refractivity contribution >= 4 is 29.5 Å². The van der Waals surface area contributed by atoms with Crippen LogP contribution >= 0.6 is 0 Å². The fourth-order valence-electron chi connectivity index (χ4n) is 3.22. The Morgan fingerprint density at radius 1 is 1.14 bits per heavy atom. The number of pyridine rings is 1. The second-order valence-corrected chi connectivity index (χ2v) is 7.70. The van der Waals surface area contributed by atoms with Crippen molar-refractivity contribution in [1.82, 2.24) is 4.98 Å². The minimum atomic E-state index is -3.01. The molecule has 0 bridgehead atoms. The molecule has 1 N–H and O–H groups in total. The Balaban J connectivity index is 1.83. The second-order valence-electron chi connectivity index (χ2n) is 7.70. The molecule has 0 atom stereocenters. The van der Waals surface area contributed by atoms with Crippen LogP contribution in [0.1, 0.15) is 37.3 Å². The number of ether oxygens (including phenoxy) is 2. The number of anilines is 2. The number of nitrogens with one attached hydrogen (secondary N) is 1. The highest BCUT2D eigenvalue weighted by molar-refractivity contribution is 5.84. The van der Waals surface area contributed by atoms with Crippen LogP contribution in [0.25, 0.3) is 6.08 Å². The Morgan fingerprint density at radius 3 is 2.65 bits per heavy atom. The van der Waals surface area contributed by atoms with Gasteiger partial charge in [-0.25, -0.2) is 13.8 Å². The van der Waals surface area contributed by atoms with Gasteiger partial charge in [0.2, 0.25) is 0 Å². The predicted molar refractivity (Wildman–Crippen MR) is 134 cm³/mol. The van der Waals surface area contributed by atoms with E-state index >= 15 is 0 Å². The summed E-state index contributed by atoms with van der Waals surface area (Å²) >= 11 is 0. The van der Waals surface area contributed by atoms with Gasteiger partial charge in [0.05, 0.1) is 23.5 Å². The molecule has 0 aliphatic heterocycles. The van der Waals surface area contributed by atoms with Gasteiger partial charge in [-0.05, 0) is 36.8 Å². The molecule has 0 unspecified atom stereocenters. The minimum absolute atomic E-state index is 0.0838. The SMILES string of the molecule is CCCCCOc1c(/C=C/C=Nc2cc(F)c(F)cc2Nc2ccc(C#N)cn2)cccc1OC(F)F. The zero-order chi connectivity index (χ0) is 26.6. The number of hydrogen-bond donors (Lipinski definition) is 1. The number of hydrogen-bond acceptors (Lipinski definition) is 6. The first-order valence-corrected chi connectivity index (χ1v) is 11.4. The van der Waals surface area contributed by atoms with Crippen LogP contribution in [0.5, 0.6) is 11.5 Å². The van der Waals surface area contributed by atoms with Crippen LogP contribution in [0.3, 0.4) is 0 Å². The van der Waals surface area contributed by atoms with E-state index in [9.17, 15) is 17.6 Å². The first kappa shape index (κ1) is 27.2. The molecule has 3 rings (SSSR count). The lowest BCUT2D eigenvalue weighted by atomic mass is 10.1. The monoisotopic (exact) mass is 512 g/mol. The third-order valence-corrected chi connectivity index (χ3v) is 4.99. The molecule has 0 saturated carbocycles. The highest BCUT2D eigenvalue weighted by atomic mass is 19.3. The quantitative estimate of drug-likeness (QED) is 0.154. The molecule has 2 aromatic carbocycles. The molecule has 0 radical (unpaired) electrons. The van der Waals surface area contributed by atoms with E-state index in [1.807, 2.05) is 13.0 Å². The molecular formula is C27H24F4N4O2. The average molecular weight is 513 g/mol. The van der Waals surface area contributed by atoms with Gasteiger partial charge in [-0.1, -0.05) is 31.9 Å². The summed E-state index contributed by atoms with van der Waals surface area (Å²) in [6.45, 7) is -0.640. The number of alkyl halides is 2. The molecule has 37 heavy (non-hydrogen) atoms. The lowest BCUT2D eigenvalue weighted by Crippen LogP contribution is -2.06. The van der Waals surface area contributed by atoms with E-state index in [1.54, 1.807) is 18.2 Å². The smallest absolute Gasteiger partial charge is 0.387 e. The van der Waals surface area contributed by atoms with Crippen molar-refractivity contribution in [2.75, 3.05) is 11.9 Å². The summed E-state index contributed by atoms with van der Waals surface area (Å²) in [7, 11) is 0. The number of benzene rings is 2. The Kier molecular flexibility index (Phi) is 10.0. The van der Waals surface area contributed by atoms with Crippen LogP contribution in [0.15, 0.2) is 59.7 Å². The van der Waals surface area contributed by atoms with E-state index in [0.29, 0.717) is 23.6 Å². The maximum atomic E-state index is 13.9. The topological polar surface area (TPSA) is 79.5 Å². The summed E-state index contributed by atoms with van der Waals surface area (Å²) in [5.41, 5.74) is 1.05. The molecule has 0 spiro atoms. The molecule has 6 nitrogen and oxygen atoms in total. The number of nitriles is 1. The second kappa shape index (κ2) is 13.6. The van der Waals surface area contributed by atoms with Gasteiger partial charge < -0.3 is 14.8 Å². The van der Waals surface area contributed by atoms with E-state index in [-0.39, 0.29) is 22.9 Å². The summed E-state index contributed by atoms with van der Waals surface area (Å²) in [4.78, 5) is 8.24. The molecule has 0 aliphatic carbocycles. The molecular weight excluding hydrogens is 488 g/mol. The first-order valence-electron chi connectivity index (χ1n) is 11.4. The number of allylic oxidation sites excluding steroid dienone is 1. The van der Waals surface area contributed by atoms with Gasteiger partial charge in [-0.15, -0.1) is 0 Å². The Labute approximate surface area is 211 Å². The van der Waals surface area contributed by atoms with Gasteiger partial charge in [0.25, 0.3) is 0 Å². The largest absolute Gasteiger partial charge is 0.489 e. The van der Waals surface area contributed by atoms with Crippen molar-refractivity contribution in [3.63, 3.8) is 0 Å². The van der Waals surface area contributed by atoms with Gasteiger partial charge in [0.1, 0.15) is 11.9 Å². The average Bonchev–Trinajstić information content (AvgIpc) is 2.88. The summed E-state index contributed by atoms with van der Waals surface area (Å²) in [5.74, 6) is -1.78. The maximum Gasteiger partial charge on any atom is 0.387 e. The molecule has 0 saturated heterocycles. The van der Waals surface area contributed by atoms with Gasteiger partial charge in [-0.2, -0.15) is 14.0 Å². The number of rotatable bonds is 12. The fraction of sp³-hybridized carbons (Fsp3) is 0.222. The summed E-state index contributed by atoms with van der Waals surface area (Å²) in [6.07, 6.45) is 8.41. The zero-order valence-electron chi connectivity index (χ0n) is 19.9. The van der Waals surface area contributed by atoms with E-state index < -0.39 is 18.2 Å². The normalized spacial score (nSPS) is 11.3. The predicted octanol–water partition coefficient (Wildman–Crippen LogP) is 7.56. The lowest BCUT2D eigenvalue weighted by Gasteiger charge is -2.14. The van der Waals surface area contributed by atoms with E-state index in [0.717, 1.165) is 31.4 Å². The van der Waals surface area contributed by atoms with Crippen molar-refractivity contribution in [2.24, 2.45) is 4.99 Å². The number of para-hydroxylation sites is 1. The highest BCUT2D eigenvalue weighted by Gasteiger charge is 2.14. The minimum Gasteiger partial charge on any atom is -0.489 e. The van der Waals surface area contributed by atoms with Gasteiger partial charge in [-0.3, -0.25) is 4.99 Å². The van der Waals surface area contributed by atoms with Crippen LogP contribution in [0, 0.1) is 23.0 Å². The Morgan fingerprint density at radius 2 is 1.95 bits per heavy atom. The third kappa shape index (κ3) is 8.07. The number of aromatic nitrogens is 1. The van der Waals surface area contributed by atoms with Gasteiger partial charge in [0, 0.05) is 30.1 Å². The van der Waals surface area contributed by atoms with Crippen LogP contribution < -0.4 is 14.8 Å². The summed E-state index contributed by atoms with van der Waals surface area (Å²) in [5, 5.41) is 11.7. The molecule has 0 aliphatic rings. The number of aliphatic imine (C=N–C) groups is 1. The van der Waals surface area contributed by atoms with Crippen molar-refractivity contribution < 1.29 is 27.0 Å². The Bertz CT molecular complexity index is 1290. The Hall–Kier alpha value is -4.39. The molecule has 1 aromatic heterocycles. The van der Waals surface area contributed by atoms with Crippen molar-refractivity contribution in [3.05, 3.63) is 77.5 Å². The lowest BCUT2D eigenvalue weighted by molar-refractivity contribution is -0.0515. The zero-order valence-corrected chi connectivity index (χ0v) is 19.9. The van der Waals surface area contributed by atoms with Crippen LogP contribution in [-0.4, -0.2) is 24.4 Å². The molecule has 0 fully saturated rings. The van der Waals surface area contributed by atoms with E-state index in [1.165, 1.54) is 36.7 Å². The van der Waals surface area contributed by atoms with Crippen LogP contribution in [0.4, 0.5) is 34.8 Å². The number of halogens is 4. The summed E-state index contributed by atoms with van der Waals surface area (Å²) < 4.78 is 63.9. The molecule has 1 heterocycles. The van der Waals surface area contributed by atoms with E-state index in [2.05, 4.69) is 20.0 Å². The number of nitrogens with zero attached hydrogens (tertiary/aromatic N) is 3. The van der Waals surface area contributed by atoms with Crippen LogP contribution in [-0.2, 0) is 0 Å².